The number of phenolic OH excluding ortho intramolecular Hbond substituents is 1. The first-order chi connectivity index (χ1) is 18.9. The molecule has 0 bridgehead atoms. The number of carbonyl (C=O) groups excluding carboxylic acids is 1. The van der Waals surface area contributed by atoms with Gasteiger partial charge in [0.25, 0.3) is 5.91 Å². The maximum atomic E-state index is 13.2. The Morgan fingerprint density at radius 3 is 2.50 bits per heavy atom. The largest absolute Gasteiger partial charge is 0.508 e. The molecule has 2 atom stereocenters. The summed E-state index contributed by atoms with van der Waals surface area (Å²) >= 11 is 0. The Bertz CT molecular complexity index is 1210. The van der Waals surface area contributed by atoms with Crippen LogP contribution in [0, 0.1) is 12.8 Å². The monoisotopic (exact) mass is 545 g/mol. The number of benzene rings is 2. The highest BCUT2D eigenvalue weighted by Gasteiger charge is 2.34. The molecule has 2 aromatic rings. The molecular weight excluding hydrogens is 498 g/mol. The van der Waals surface area contributed by atoms with Gasteiger partial charge in [-0.1, -0.05) is 62.4 Å². The van der Waals surface area contributed by atoms with Crippen LogP contribution in [0.5, 0.6) is 5.75 Å². The predicted octanol–water partition coefficient (Wildman–Crippen LogP) is 6.01. The van der Waals surface area contributed by atoms with Crippen molar-refractivity contribution in [1.29, 1.82) is 0 Å². The number of rotatable bonds is 11. The van der Waals surface area contributed by atoms with Crippen LogP contribution in [-0.4, -0.2) is 69.7 Å². The standard InChI is InChI=1S/C34H47N3O3/c1-8-9-30(38)16-17-34(6,7)37-19-18-36(22-26(37)5)23-31(24(2)3)35-33(40)28-13-11-27(12-14-28)21-29-20-25(4)10-15-32(29)39/h8-17,20,24,26,31,38-39H,1,18-19,21-23H2,2-7H3,(H,35,40)/b17-16-,30-9+/t26-,31?/m0/s1. The minimum atomic E-state index is -0.204. The van der Waals surface area contributed by atoms with Crippen LogP contribution >= 0.6 is 0 Å². The molecule has 0 spiro atoms. The summed E-state index contributed by atoms with van der Waals surface area (Å²) in [6.07, 6.45) is 7.56. The summed E-state index contributed by atoms with van der Waals surface area (Å²) in [5.74, 6) is 0.723. The SMILES string of the molecule is C=C/C=C(O)\C=C/C(C)(C)N1CCN(CC(NC(=O)c2ccc(Cc3cc(C)ccc3O)cc2)C(C)C)C[C@@H]1C. The average molecular weight is 546 g/mol. The van der Waals surface area contributed by atoms with Crippen LogP contribution in [0.15, 0.2) is 79.1 Å². The number of nitrogens with zero attached hydrogens (tertiary/aromatic N) is 2. The summed E-state index contributed by atoms with van der Waals surface area (Å²) < 4.78 is 0. The number of piperazine rings is 1. The zero-order valence-electron chi connectivity index (χ0n) is 25.0. The number of amides is 1. The van der Waals surface area contributed by atoms with Gasteiger partial charge in [-0.15, -0.1) is 0 Å². The van der Waals surface area contributed by atoms with E-state index in [2.05, 4.69) is 56.3 Å². The molecule has 1 unspecified atom stereocenters. The molecule has 0 radical (unpaired) electrons. The fourth-order valence-corrected chi connectivity index (χ4v) is 5.42. The van der Waals surface area contributed by atoms with Gasteiger partial charge in [-0.25, -0.2) is 0 Å². The van der Waals surface area contributed by atoms with Crippen molar-refractivity contribution < 1.29 is 15.0 Å². The van der Waals surface area contributed by atoms with Crippen LogP contribution < -0.4 is 5.32 Å². The molecule has 2 aromatic carbocycles. The van der Waals surface area contributed by atoms with Crippen LogP contribution in [-0.2, 0) is 6.42 Å². The van der Waals surface area contributed by atoms with E-state index in [9.17, 15) is 15.0 Å². The highest BCUT2D eigenvalue weighted by Crippen LogP contribution is 2.25. The molecule has 1 aliphatic heterocycles. The molecule has 216 valence electrons. The van der Waals surface area contributed by atoms with Crippen molar-refractivity contribution >= 4 is 5.91 Å². The number of phenols is 1. The Balaban J connectivity index is 1.58. The van der Waals surface area contributed by atoms with Gasteiger partial charge in [-0.3, -0.25) is 14.6 Å². The van der Waals surface area contributed by atoms with Crippen LogP contribution in [0.2, 0.25) is 0 Å². The maximum Gasteiger partial charge on any atom is 0.251 e. The molecular formula is C34H47N3O3. The molecule has 0 aromatic heterocycles. The Hall–Kier alpha value is -3.35. The second-order valence-corrected chi connectivity index (χ2v) is 11.9. The van der Waals surface area contributed by atoms with Crippen molar-refractivity contribution in [2.24, 2.45) is 5.92 Å². The molecule has 40 heavy (non-hydrogen) atoms. The third kappa shape index (κ3) is 8.57. The summed E-state index contributed by atoms with van der Waals surface area (Å²) in [5.41, 5.74) is 3.48. The van der Waals surface area contributed by atoms with E-state index in [1.165, 1.54) is 0 Å². The molecule has 0 saturated carbocycles. The number of nitrogens with one attached hydrogen (secondary N) is 1. The minimum Gasteiger partial charge on any atom is -0.508 e. The van der Waals surface area contributed by atoms with Gasteiger partial charge in [0.05, 0.1) is 0 Å². The summed E-state index contributed by atoms with van der Waals surface area (Å²) in [6.45, 7) is 20.0. The van der Waals surface area contributed by atoms with Crippen molar-refractivity contribution in [2.45, 2.75) is 65.6 Å². The fourth-order valence-electron chi connectivity index (χ4n) is 5.42. The van der Waals surface area contributed by atoms with Crippen LogP contribution in [0.3, 0.4) is 0 Å². The van der Waals surface area contributed by atoms with Crippen molar-refractivity contribution in [3.63, 3.8) is 0 Å². The van der Waals surface area contributed by atoms with Gasteiger partial charge < -0.3 is 15.5 Å². The van der Waals surface area contributed by atoms with E-state index in [-0.39, 0.29) is 23.2 Å². The van der Waals surface area contributed by atoms with Gasteiger partial charge >= 0.3 is 0 Å². The van der Waals surface area contributed by atoms with E-state index in [0.29, 0.717) is 29.7 Å². The number of hydrogen-bond donors (Lipinski definition) is 3. The molecule has 6 heteroatoms. The van der Waals surface area contributed by atoms with Gasteiger partial charge in [0.2, 0.25) is 0 Å². The molecule has 1 fully saturated rings. The molecule has 6 nitrogen and oxygen atoms in total. The van der Waals surface area contributed by atoms with Crippen molar-refractivity contribution in [3.8, 4) is 5.75 Å². The summed E-state index contributed by atoms with van der Waals surface area (Å²) in [5, 5.41) is 23.4. The Morgan fingerprint density at radius 2 is 1.88 bits per heavy atom. The second kappa shape index (κ2) is 13.8. The Labute approximate surface area is 240 Å². The molecule has 1 saturated heterocycles. The molecule has 1 aliphatic rings. The Morgan fingerprint density at radius 1 is 1.18 bits per heavy atom. The van der Waals surface area contributed by atoms with E-state index >= 15 is 0 Å². The highest BCUT2D eigenvalue weighted by atomic mass is 16.3. The number of aromatic hydroxyl groups is 1. The van der Waals surface area contributed by atoms with Crippen LogP contribution in [0.4, 0.5) is 0 Å². The smallest absolute Gasteiger partial charge is 0.251 e. The second-order valence-electron chi connectivity index (χ2n) is 11.9. The predicted molar refractivity (Wildman–Crippen MR) is 165 cm³/mol. The number of hydrogen-bond acceptors (Lipinski definition) is 5. The summed E-state index contributed by atoms with van der Waals surface area (Å²) in [7, 11) is 0. The summed E-state index contributed by atoms with van der Waals surface area (Å²) in [6, 6.07) is 13.6. The van der Waals surface area contributed by atoms with Gasteiger partial charge in [0, 0.05) is 55.8 Å². The quantitative estimate of drug-likeness (QED) is 0.238. The van der Waals surface area contributed by atoms with Gasteiger partial charge in [0.1, 0.15) is 11.5 Å². The average Bonchev–Trinajstić information content (AvgIpc) is 2.89. The Kier molecular flexibility index (Phi) is 10.8. The van der Waals surface area contributed by atoms with E-state index in [4.69, 9.17) is 0 Å². The first kappa shape index (κ1) is 31.2. The number of allylic oxidation sites excluding steroid dienone is 3. The van der Waals surface area contributed by atoms with Gasteiger partial charge in [0.15, 0.2) is 0 Å². The van der Waals surface area contributed by atoms with Crippen molar-refractivity contribution in [2.75, 3.05) is 26.2 Å². The van der Waals surface area contributed by atoms with Crippen LogP contribution in [0.25, 0.3) is 0 Å². The van der Waals surface area contributed by atoms with Crippen molar-refractivity contribution in [1.82, 2.24) is 15.1 Å². The number of carbonyl (C=O) groups is 1. The minimum absolute atomic E-state index is 0.0315. The first-order valence-corrected chi connectivity index (χ1v) is 14.3. The number of aryl methyl sites for hydroxylation is 1. The molecule has 3 rings (SSSR count). The lowest BCUT2D eigenvalue weighted by Gasteiger charge is -2.48. The zero-order chi connectivity index (χ0) is 29.4. The van der Waals surface area contributed by atoms with E-state index in [0.717, 1.165) is 42.9 Å². The van der Waals surface area contributed by atoms with E-state index in [1.807, 2.05) is 49.4 Å². The summed E-state index contributed by atoms with van der Waals surface area (Å²) in [4.78, 5) is 18.1. The topological polar surface area (TPSA) is 76.0 Å². The molecule has 0 aliphatic carbocycles. The van der Waals surface area contributed by atoms with E-state index in [1.54, 1.807) is 24.3 Å². The fraction of sp³-hybridized carbons (Fsp3) is 0.441. The van der Waals surface area contributed by atoms with Gasteiger partial charge in [-0.2, -0.15) is 0 Å². The maximum absolute atomic E-state index is 13.2. The van der Waals surface area contributed by atoms with Crippen molar-refractivity contribution in [3.05, 3.63) is 101 Å². The lowest BCUT2D eigenvalue weighted by Crippen LogP contribution is -2.60. The molecule has 1 amide bonds. The van der Waals surface area contributed by atoms with E-state index < -0.39 is 0 Å². The lowest BCUT2D eigenvalue weighted by atomic mass is 9.96. The van der Waals surface area contributed by atoms with Gasteiger partial charge in [-0.05, 0) is 75.1 Å². The third-order valence-corrected chi connectivity index (χ3v) is 7.82. The number of aliphatic hydroxyl groups excluding tert-OH is 1. The lowest BCUT2D eigenvalue weighted by molar-refractivity contribution is 0.0249. The molecule has 3 N–H and O–H groups in total. The zero-order valence-corrected chi connectivity index (χ0v) is 25.0. The highest BCUT2D eigenvalue weighted by molar-refractivity contribution is 5.94. The molecule has 1 heterocycles. The number of aliphatic hydroxyl groups is 1. The van der Waals surface area contributed by atoms with Crippen LogP contribution in [0.1, 0.15) is 61.7 Å². The first-order valence-electron chi connectivity index (χ1n) is 14.3. The third-order valence-electron chi connectivity index (χ3n) is 7.82. The normalized spacial score (nSPS) is 18.3.